The summed E-state index contributed by atoms with van der Waals surface area (Å²) < 4.78 is 11.8. The summed E-state index contributed by atoms with van der Waals surface area (Å²) in [6, 6.07) is 0. The zero-order chi connectivity index (χ0) is 46.3. The van der Waals surface area contributed by atoms with Gasteiger partial charge in [-0.05, 0) is 82.8 Å². The van der Waals surface area contributed by atoms with E-state index >= 15 is 0 Å². The normalized spacial score (nSPS) is 12.4. The van der Waals surface area contributed by atoms with E-state index in [0.29, 0.717) is 57.5 Å². The van der Waals surface area contributed by atoms with Crippen molar-refractivity contribution in [2.45, 2.75) is 272 Å². The molecular weight excluding hydrogens is 785 g/mol. The molecule has 376 valence electrons. The molecule has 0 fully saturated rings. The van der Waals surface area contributed by atoms with E-state index in [1.807, 2.05) is 0 Å². The topological polar surface area (TPSA) is 99.5 Å². The molecule has 0 aromatic carbocycles. The largest absolute Gasteiger partial charge is 0.465 e. The van der Waals surface area contributed by atoms with Gasteiger partial charge in [0.15, 0.2) is 0 Å². The summed E-state index contributed by atoms with van der Waals surface area (Å²) in [4.78, 5) is 30.1. The second-order valence-electron chi connectivity index (χ2n) is 19.5. The van der Waals surface area contributed by atoms with Gasteiger partial charge in [0.2, 0.25) is 0 Å². The molecule has 0 amide bonds. The Bertz CT molecular complexity index is 858. The molecule has 0 aliphatic carbocycles. The molecule has 8 nitrogen and oxygen atoms in total. The molecule has 0 aliphatic heterocycles. The van der Waals surface area contributed by atoms with Gasteiger partial charge >= 0.3 is 11.9 Å². The van der Waals surface area contributed by atoms with E-state index in [1.165, 1.54) is 180 Å². The third-order valence-electron chi connectivity index (χ3n) is 13.3. The molecule has 0 aromatic rings. The van der Waals surface area contributed by atoms with E-state index < -0.39 is 6.10 Å². The fraction of sp³-hybridized carbons (Fsp3) is 0.964. The predicted octanol–water partition coefficient (Wildman–Crippen LogP) is 14.4. The molecule has 0 rings (SSSR count). The lowest BCUT2D eigenvalue weighted by Gasteiger charge is -2.28. The van der Waals surface area contributed by atoms with Gasteiger partial charge in [0, 0.05) is 32.5 Å². The highest BCUT2D eigenvalue weighted by Gasteiger charge is 2.17. The van der Waals surface area contributed by atoms with Crippen molar-refractivity contribution >= 4 is 11.9 Å². The number of nitrogens with zero attached hydrogens (tertiary/aromatic N) is 2. The van der Waals surface area contributed by atoms with Crippen LogP contribution in [0.3, 0.4) is 0 Å². The zero-order valence-electron chi connectivity index (χ0n) is 43.0. The smallest absolute Gasteiger partial charge is 0.305 e. The summed E-state index contributed by atoms with van der Waals surface area (Å²) in [6.07, 6.45) is 41.9. The summed E-state index contributed by atoms with van der Waals surface area (Å²) >= 11 is 0. The number of aliphatic hydroxyl groups is 2. The van der Waals surface area contributed by atoms with Crippen LogP contribution in [0.15, 0.2) is 0 Å². The van der Waals surface area contributed by atoms with Crippen molar-refractivity contribution < 1.29 is 29.3 Å². The molecule has 8 heteroatoms. The standard InChI is InChI=1S/C55H110N2O6/c1-6-11-15-19-23-29-37-51(38-30-24-20-16-12-7-2)49-62-54(60)41-33-27-35-43-57(48-53(59)47-56(10-5)45-46-58)44-36-28-34-42-55(61)63-50-52(39-31-25-21-17-13-8-3)40-32-26-22-18-14-9-4/h51-53,58-59H,6-50H2,1-5H3/t53-/m1/s1. The van der Waals surface area contributed by atoms with Crippen molar-refractivity contribution in [2.75, 3.05) is 59.1 Å². The number of unbranched alkanes of at least 4 members (excludes halogenated alkanes) is 24. The van der Waals surface area contributed by atoms with E-state index in [4.69, 9.17) is 9.47 Å². The number of ether oxygens (including phenoxy) is 2. The van der Waals surface area contributed by atoms with Gasteiger partial charge in [0.05, 0.1) is 25.9 Å². The Balaban J connectivity index is 4.84. The Hall–Kier alpha value is -1.22. The van der Waals surface area contributed by atoms with E-state index in [0.717, 1.165) is 58.2 Å². The second kappa shape index (κ2) is 48.7. The number of hydrogen-bond acceptors (Lipinski definition) is 8. The average Bonchev–Trinajstić information content (AvgIpc) is 3.28. The van der Waals surface area contributed by atoms with Gasteiger partial charge in [-0.3, -0.25) is 14.5 Å². The molecule has 0 aliphatic rings. The van der Waals surface area contributed by atoms with Crippen molar-refractivity contribution in [2.24, 2.45) is 11.8 Å². The molecule has 0 heterocycles. The quantitative estimate of drug-likeness (QED) is 0.0460. The Labute approximate surface area is 392 Å². The minimum Gasteiger partial charge on any atom is -0.465 e. The molecule has 63 heavy (non-hydrogen) atoms. The number of hydrogen-bond donors (Lipinski definition) is 2. The molecule has 0 unspecified atom stereocenters. The van der Waals surface area contributed by atoms with Gasteiger partial charge in [-0.15, -0.1) is 0 Å². The van der Waals surface area contributed by atoms with Crippen molar-refractivity contribution in [3.8, 4) is 0 Å². The van der Waals surface area contributed by atoms with Crippen molar-refractivity contribution in [3.63, 3.8) is 0 Å². The average molecular weight is 895 g/mol. The second-order valence-corrected chi connectivity index (χ2v) is 19.5. The molecule has 0 bridgehead atoms. The first kappa shape index (κ1) is 61.8. The monoisotopic (exact) mass is 895 g/mol. The minimum atomic E-state index is -0.497. The fourth-order valence-electron chi connectivity index (χ4n) is 9.07. The number of aliphatic hydroxyl groups excluding tert-OH is 2. The third kappa shape index (κ3) is 43.1. The lowest BCUT2D eigenvalue weighted by molar-refractivity contribution is -0.146. The number of likely N-dealkylation sites (N-methyl/N-ethyl adjacent to an activating group) is 1. The van der Waals surface area contributed by atoms with Crippen LogP contribution in [0.4, 0.5) is 0 Å². The zero-order valence-corrected chi connectivity index (χ0v) is 43.0. The maximum Gasteiger partial charge on any atom is 0.305 e. The summed E-state index contributed by atoms with van der Waals surface area (Å²) in [5.41, 5.74) is 0. The number of carbonyl (C=O) groups is 2. The van der Waals surface area contributed by atoms with Crippen LogP contribution in [-0.2, 0) is 19.1 Å². The lowest BCUT2D eigenvalue weighted by Crippen LogP contribution is -2.41. The Morgan fingerprint density at radius 3 is 1.06 bits per heavy atom. The van der Waals surface area contributed by atoms with Gasteiger partial charge in [0.1, 0.15) is 0 Å². The molecular formula is C55H110N2O6. The number of rotatable bonds is 51. The van der Waals surface area contributed by atoms with Crippen LogP contribution in [0, 0.1) is 11.8 Å². The summed E-state index contributed by atoms with van der Waals surface area (Å²) in [7, 11) is 0. The van der Waals surface area contributed by atoms with Crippen LogP contribution in [0.1, 0.15) is 266 Å². The third-order valence-corrected chi connectivity index (χ3v) is 13.3. The van der Waals surface area contributed by atoms with Crippen LogP contribution >= 0.6 is 0 Å². The van der Waals surface area contributed by atoms with Crippen molar-refractivity contribution in [1.29, 1.82) is 0 Å². The summed E-state index contributed by atoms with van der Waals surface area (Å²) in [5, 5.41) is 20.5. The van der Waals surface area contributed by atoms with Crippen LogP contribution in [0.25, 0.3) is 0 Å². The first-order chi connectivity index (χ1) is 30.8. The fourth-order valence-corrected chi connectivity index (χ4v) is 9.07. The number of carbonyl (C=O) groups excluding carboxylic acids is 2. The summed E-state index contributed by atoms with van der Waals surface area (Å²) in [5.74, 6) is 0.882. The van der Waals surface area contributed by atoms with Crippen molar-refractivity contribution in [3.05, 3.63) is 0 Å². The molecule has 0 saturated heterocycles. The Morgan fingerprint density at radius 2 is 0.730 bits per heavy atom. The van der Waals surface area contributed by atoms with E-state index in [2.05, 4.69) is 44.4 Å². The van der Waals surface area contributed by atoms with Gasteiger partial charge in [-0.1, -0.05) is 202 Å². The Morgan fingerprint density at radius 1 is 0.413 bits per heavy atom. The molecule has 2 N–H and O–H groups in total. The van der Waals surface area contributed by atoms with Crippen LogP contribution in [-0.4, -0.2) is 97.1 Å². The highest BCUT2D eigenvalue weighted by Crippen LogP contribution is 2.22. The van der Waals surface area contributed by atoms with E-state index in [9.17, 15) is 19.8 Å². The maximum atomic E-state index is 12.8. The van der Waals surface area contributed by atoms with Gasteiger partial charge in [-0.25, -0.2) is 0 Å². The number of esters is 2. The van der Waals surface area contributed by atoms with E-state index in [-0.39, 0.29) is 18.5 Å². The predicted molar refractivity (Wildman–Crippen MR) is 269 cm³/mol. The molecule has 1 atom stereocenters. The van der Waals surface area contributed by atoms with Gasteiger partial charge in [0.25, 0.3) is 0 Å². The minimum absolute atomic E-state index is 0.0497. The first-order valence-electron chi connectivity index (χ1n) is 27.9. The maximum absolute atomic E-state index is 12.8. The molecule has 0 radical (unpaired) electrons. The highest BCUT2D eigenvalue weighted by molar-refractivity contribution is 5.69. The first-order valence-corrected chi connectivity index (χ1v) is 27.9. The molecule has 0 aromatic heterocycles. The summed E-state index contributed by atoms with van der Waals surface area (Å²) in [6.45, 7) is 16.6. The molecule has 0 spiro atoms. The van der Waals surface area contributed by atoms with Crippen molar-refractivity contribution in [1.82, 2.24) is 9.80 Å². The van der Waals surface area contributed by atoms with Crippen LogP contribution < -0.4 is 0 Å². The molecule has 0 saturated carbocycles. The lowest BCUT2D eigenvalue weighted by atomic mass is 9.94. The highest BCUT2D eigenvalue weighted by atomic mass is 16.5. The van der Waals surface area contributed by atoms with Crippen LogP contribution in [0.5, 0.6) is 0 Å². The van der Waals surface area contributed by atoms with Gasteiger partial charge < -0.3 is 24.6 Å². The van der Waals surface area contributed by atoms with E-state index in [1.54, 1.807) is 0 Å². The van der Waals surface area contributed by atoms with Crippen LogP contribution in [0.2, 0.25) is 0 Å². The van der Waals surface area contributed by atoms with Gasteiger partial charge in [-0.2, -0.15) is 0 Å². The Kier molecular flexibility index (Phi) is 47.8. The SMILES string of the molecule is CCCCCCCCC(CCCCCCCC)COC(=O)CCCCCN(CCCCCC(=O)OCC(CCCCCCCC)CCCCCCCC)C[C@H](O)CN(CC)CCO.